The summed E-state index contributed by atoms with van der Waals surface area (Å²) < 4.78 is 0.864. The van der Waals surface area contributed by atoms with E-state index in [9.17, 15) is 0 Å². The molecule has 2 atom stereocenters. The van der Waals surface area contributed by atoms with Crippen LogP contribution < -0.4 is 0 Å². The highest BCUT2D eigenvalue weighted by Crippen LogP contribution is 2.25. The minimum Gasteiger partial charge on any atom is -0.300 e. The molecule has 0 amide bonds. The van der Waals surface area contributed by atoms with Crippen LogP contribution in [-0.2, 0) is 0 Å². The van der Waals surface area contributed by atoms with Crippen LogP contribution in [0, 0.1) is 0 Å². The van der Waals surface area contributed by atoms with Crippen molar-refractivity contribution < 1.29 is 0 Å². The maximum Gasteiger partial charge on any atom is 0.0263 e. The molecule has 12 heavy (non-hydrogen) atoms. The van der Waals surface area contributed by atoms with Gasteiger partial charge in [-0.1, -0.05) is 42.9 Å². The van der Waals surface area contributed by atoms with Gasteiger partial charge < -0.3 is 0 Å². The molecule has 1 unspecified atom stereocenters. The Morgan fingerprint density at radius 3 is 2.75 bits per heavy atom. The monoisotopic (exact) mass is 281 g/mol. The number of alkyl halides is 1. The fourth-order valence-corrected chi connectivity index (χ4v) is 2.91. The Morgan fingerprint density at radius 2 is 2.17 bits per heavy atom. The van der Waals surface area contributed by atoms with E-state index in [-0.39, 0.29) is 0 Å². The summed E-state index contributed by atoms with van der Waals surface area (Å²) in [4.78, 5) is 2.66. The first-order valence-electron chi connectivity index (χ1n) is 5.17. The highest BCUT2D eigenvalue weighted by atomic mass is 127. The van der Waals surface area contributed by atoms with Gasteiger partial charge in [-0.25, -0.2) is 0 Å². The predicted octanol–water partition coefficient (Wildman–Crippen LogP) is 3.07. The van der Waals surface area contributed by atoms with Crippen molar-refractivity contribution in [1.29, 1.82) is 0 Å². The highest BCUT2D eigenvalue weighted by molar-refractivity contribution is 14.1. The second kappa shape index (κ2) is 5.43. The Hall–Kier alpha value is 0.690. The zero-order valence-corrected chi connectivity index (χ0v) is 10.4. The van der Waals surface area contributed by atoms with Crippen LogP contribution in [0.4, 0.5) is 0 Å². The van der Waals surface area contributed by atoms with E-state index in [1.807, 2.05) is 0 Å². The molecule has 0 aromatic rings. The molecule has 72 valence electrons. The quantitative estimate of drug-likeness (QED) is 0.567. The number of hydrogen-bond donors (Lipinski definition) is 0. The van der Waals surface area contributed by atoms with Gasteiger partial charge in [0.25, 0.3) is 0 Å². The van der Waals surface area contributed by atoms with Crippen LogP contribution in [0.5, 0.6) is 0 Å². The largest absolute Gasteiger partial charge is 0.300 e. The smallest absolute Gasteiger partial charge is 0.0263 e. The Bertz CT molecular complexity index is 127. The third kappa shape index (κ3) is 2.59. The predicted molar refractivity (Wildman–Crippen MR) is 63.0 cm³/mol. The van der Waals surface area contributed by atoms with Gasteiger partial charge in [0.15, 0.2) is 0 Å². The second-order valence-electron chi connectivity index (χ2n) is 3.62. The third-order valence-corrected chi connectivity index (χ3v) is 4.59. The molecule has 0 N–H and O–H groups in total. The lowest BCUT2D eigenvalue weighted by atomic mass is 9.98. The summed E-state index contributed by atoms with van der Waals surface area (Å²) in [5, 5.41) is 0. The van der Waals surface area contributed by atoms with Gasteiger partial charge in [-0.15, -0.1) is 0 Å². The van der Waals surface area contributed by atoms with Crippen molar-refractivity contribution in [2.24, 2.45) is 0 Å². The van der Waals surface area contributed by atoms with Gasteiger partial charge in [-0.05, 0) is 32.4 Å². The molecule has 0 aliphatic carbocycles. The van der Waals surface area contributed by atoms with Crippen LogP contribution in [0.15, 0.2) is 0 Å². The molecule has 1 heterocycles. The van der Waals surface area contributed by atoms with Gasteiger partial charge in [-0.3, -0.25) is 4.90 Å². The van der Waals surface area contributed by atoms with Crippen molar-refractivity contribution in [3.05, 3.63) is 0 Å². The summed E-state index contributed by atoms with van der Waals surface area (Å²) in [7, 11) is 0. The summed E-state index contributed by atoms with van der Waals surface area (Å²) in [5.74, 6) is 0. The van der Waals surface area contributed by atoms with Gasteiger partial charge >= 0.3 is 0 Å². The molecule has 0 spiro atoms. The first-order chi connectivity index (χ1) is 5.79. The second-order valence-corrected chi connectivity index (χ2v) is 5.22. The molecule has 1 aliphatic heterocycles. The SMILES string of the molecule is CCC(I)[C@H]1CCCCN1CC. The Balaban J connectivity index is 2.46. The van der Waals surface area contributed by atoms with Crippen molar-refractivity contribution in [2.75, 3.05) is 13.1 Å². The van der Waals surface area contributed by atoms with Gasteiger partial charge in [0, 0.05) is 9.97 Å². The van der Waals surface area contributed by atoms with Gasteiger partial charge in [0.1, 0.15) is 0 Å². The molecule has 1 aliphatic rings. The van der Waals surface area contributed by atoms with E-state index in [1.54, 1.807) is 0 Å². The molecule has 0 radical (unpaired) electrons. The zero-order valence-electron chi connectivity index (χ0n) is 8.22. The van der Waals surface area contributed by atoms with Crippen LogP contribution in [0.25, 0.3) is 0 Å². The van der Waals surface area contributed by atoms with Crippen molar-refractivity contribution in [3.8, 4) is 0 Å². The van der Waals surface area contributed by atoms with Crippen molar-refractivity contribution >= 4 is 22.6 Å². The summed E-state index contributed by atoms with van der Waals surface area (Å²) in [6.45, 7) is 7.17. The summed E-state index contributed by atoms with van der Waals surface area (Å²) in [5.41, 5.74) is 0. The Labute approximate surface area is 90.0 Å². The molecule has 0 aromatic carbocycles. The number of halogens is 1. The number of hydrogen-bond acceptors (Lipinski definition) is 1. The van der Waals surface area contributed by atoms with E-state index < -0.39 is 0 Å². The van der Waals surface area contributed by atoms with E-state index >= 15 is 0 Å². The van der Waals surface area contributed by atoms with E-state index in [0.29, 0.717) is 0 Å². The minimum atomic E-state index is 0.864. The molecule has 0 aromatic heterocycles. The Kier molecular flexibility index (Phi) is 4.87. The molecular formula is C10H20IN. The normalized spacial score (nSPS) is 28.8. The van der Waals surface area contributed by atoms with E-state index in [4.69, 9.17) is 0 Å². The average Bonchev–Trinajstić information content (AvgIpc) is 2.16. The maximum atomic E-state index is 2.66. The first kappa shape index (κ1) is 10.8. The van der Waals surface area contributed by atoms with Crippen molar-refractivity contribution in [3.63, 3.8) is 0 Å². The van der Waals surface area contributed by atoms with E-state index in [1.165, 1.54) is 38.8 Å². The third-order valence-electron chi connectivity index (χ3n) is 2.88. The fourth-order valence-electron chi connectivity index (χ4n) is 2.09. The molecule has 0 saturated carbocycles. The number of piperidine rings is 1. The molecule has 2 heteroatoms. The van der Waals surface area contributed by atoms with Crippen LogP contribution in [0.2, 0.25) is 0 Å². The standard InChI is InChI=1S/C10H20IN/c1-3-9(11)10-7-5-6-8-12(10)4-2/h9-10H,3-8H2,1-2H3/t9?,10-/m1/s1. The lowest BCUT2D eigenvalue weighted by Crippen LogP contribution is -2.44. The number of nitrogens with zero attached hydrogens (tertiary/aromatic N) is 1. The van der Waals surface area contributed by atoms with Crippen molar-refractivity contribution in [1.82, 2.24) is 4.90 Å². The van der Waals surface area contributed by atoms with E-state index in [0.717, 1.165) is 9.97 Å². The van der Waals surface area contributed by atoms with Gasteiger partial charge in [0.05, 0.1) is 0 Å². The van der Waals surface area contributed by atoms with Gasteiger partial charge in [-0.2, -0.15) is 0 Å². The topological polar surface area (TPSA) is 3.24 Å². The fraction of sp³-hybridized carbons (Fsp3) is 1.00. The molecule has 1 saturated heterocycles. The van der Waals surface area contributed by atoms with E-state index in [2.05, 4.69) is 41.3 Å². The number of likely N-dealkylation sites (tertiary alicyclic amines) is 1. The summed E-state index contributed by atoms with van der Waals surface area (Å²) >= 11 is 2.62. The molecule has 1 rings (SSSR count). The minimum absolute atomic E-state index is 0.864. The van der Waals surface area contributed by atoms with Crippen LogP contribution >= 0.6 is 22.6 Å². The molecule has 1 nitrogen and oxygen atoms in total. The number of rotatable bonds is 3. The molecular weight excluding hydrogens is 261 g/mol. The highest BCUT2D eigenvalue weighted by Gasteiger charge is 2.25. The first-order valence-corrected chi connectivity index (χ1v) is 6.42. The van der Waals surface area contributed by atoms with Crippen LogP contribution in [-0.4, -0.2) is 28.0 Å². The average molecular weight is 281 g/mol. The van der Waals surface area contributed by atoms with Crippen molar-refractivity contribution in [2.45, 2.75) is 49.5 Å². The lowest BCUT2D eigenvalue weighted by molar-refractivity contribution is 0.155. The summed E-state index contributed by atoms with van der Waals surface area (Å²) in [6, 6.07) is 0.870. The zero-order chi connectivity index (χ0) is 8.97. The summed E-state index contributed by atoms with van der Waals surface area (Å²) in [6.07, 6.45) is 5.61. The van der Waals surface area contributed by atoms with Gasteiger partial charge in [0.2, 0.25) is 0 Å². The molecule has 0 bridgehead atoms. The van der Waals surface area contributed by atoms with Crippen LogP contribution in [0.1, 0.15) is 39.5 Å². The lowest BCUT2D eigenvalue weighted by Gasteiger charge is -2.37. The Morgan fingerprint density at radius 1 is 1.42 bits per heavy atom. The van der Waals surface area contributed by atoms with Crippen LogP contribution in [0.3, 0.4) is 0 Å². The maximum absolute atomic E-state index is 2.66. The molecule has 1 fully saturated rings.